The third-order valence-corrected chi connectivity index (χ3v) is 4.61. The third kappa shape index (κ3) is 4.51. The molecule has 5 heteroatoms. The van der Waals surface area contributed by atoms with Crippen LogP contribution < -0.4 is 0 Å². The first-order valence-corrected chi connectivity index (χ1v) is 8.13. The minimum Gasteiger partial charge on any atom is -0.480 e. The highest BCUT2D eigenvalue weighted by Crippen LogP contribution is 2.37. The zero-order valence-corrected chi connectivity index (χ0v) is 14.6. The second-order valence-electron chi connectivity index (χ2n) is 5.50. The van der Waals surface area contributed by atoms with Gasteiger partial charge in [-0.05, 0) is 50.0 Å². The fourth-order valence-corrected chi connectivity index (χ4v) is 3.02. The molecular formula is C18H16ClNO2S. The van der Waals surface area contributed by atoms with Gasteiger partial charge in [-0.3, -0.25) is 9.78 Å². The highest BCUT2D eigenvalue weighted by Gasteiger charge is 2.29. The SMILES string of the molecule is C/C1=C/C=C(c2cnccc2SC(C)(C)C(=O)O)\C=C(\Cl)C#C1. The summed E-state index contributed by atoms with van der Waals surface area (Å²) < 4.78 is -0.947. The lowest BCUT2D eigenvalue weighted by atomic mass is 10.0. The van der Waals surface area contributed by atoms with Crippen LogP contribution in [0.2, 0.25) is 0 Å². The van der Waals surface area contributed by atoms with E-state index in [0.717, 1.165) is 21.6 Å². The Morgan fingerprint density at radius 3 is 2.78 bits per heavy atom. The van der Waals surface area contributed by atoms with Gasteiger partial charge in [0.25, 0.3) is 0 Å². The number of allylic oxidation sites excluding steroid dienone is 6. The Morgan fingerprint density at radius 1 is 1.35 bits per heavy atom. The molecule has 3 nitrogen and oxygen atoms in total. The van der Waals surface area contributed by atoms with Crippen LogP contribution in [0, 0.1) is 11.8 Å². The number of hydrogen-bond acceptors (Lipinski definition) is 3. The quantitative estimate of drug-likeness (QED) is 0.644. The Balaban J connectivity index is 2.49. The lowest BCUT2D eigenvalue weighted by Crippen LogP contribution is -2.27. The molecule has 1 aliphatic carbocycles. The Bertz CT molecular complexity index is 795. The van der Waals surface area contributed by atoms with Crippen LogP contribution >= 0.6 is 23.4 Å². The average Bonchev–Trinajstić information content (AvgIpc) is 2.48. The number of pyridine rings is 1. The van der Waals surface area contributed by atoms with Gasteiger partial charge in [0.2, 0.25) is 0 Å². The first-order chi connectivity index (χ1) is 10.8. The van der Waals surface area contributed by atoms with E-state index in [1.807, 2.05) is 25.1 Å². The number of aromatic nitrogens is 1. The molecule has 0 amide bonds. The van der Waals surface area contributed by atoms with E-state index >= 15 is 0 Å². The molecule has 0 saturated heterocycles. The molecule has 1 aromatic rings. The zero-order valence-electron chi connectivity index (χ0n) is 13.1. The van der Waals surface area contributed by atoms with Crippen molar-refractivity contribution in [2.75, 3.05) is 0 Å². The topological polar surface area (TPSA) is 50.2 Å². The second kappa shape index (κ2) is 7.08. The van der Waals surface area contributed by atoms with Crippen molar-refractivity contribution in [2.45, 2.75) is 30.4 Å². The highest BCUT2D eigenvalue weighted by molar-refractivity contribution is 8.01. The van der Waals surface area contributed by atoms with Crippen molar-refractivity contribution in [3.05, 3.63) is 52.9 Å². The lowest BCUT2D eigenvalue weighted by molar-refractivity contribution is -0.138. The van der Waals surface area contributed by atoms with E-state index in [1.165, 1.54) is 11.8 Å². The summed E-state index contributed by atoms with van der Waals surface area (Å²) in [6.45, 7) is 5.26. The smallest absolute Gasteiger partial charge is 0.319 e. The van der Waals surface area contributed by atoms with Crippen molar-refractivity contribution in [1.82, 2.24) is 4.98 Å². The molecule has 0 unspecified atom stereocenters. The summed E-state index contributed by atoms with van der Waals surface area (Å²) in [4.78, 5) is 16.4. The maximum atomic E-state index is 11.4. The van der Waals surface area contributed by atoms with Crippen molar-refractivity contribution < 1.29 is 9.90 Å². The van der Waals surface area contributed by atoms with E-state index in [0.29, 0.717) is 5.03 Å². The summed E-state index contributed by atoms with van der Waals surface area (Å²) in [5.74, 6) is 4.94. The van der Waals surface area contributed by atoms with Crippen LogP contribution in [0.3, 0.4) is 0 Å². The van der Waals surface area contributed by atoms with Crippen molar-refractivity contribution in [3.8, 4) is 11.8 Å². The molecular weight excluding hydrogens is 330 g/mol. The van der Waals surface area contributed by atoms with Crippen molar-refractivity contribution in [2.24, 2.45) is 0 Å². The first-order valence-electron chi connectivity index (χ1n) is 6.94. The Morgan fingerprint density at radius 2 is 2.09 bits per heavy atom. The van der Waals surface area contributed by atoms with Gasteiger partial charge in [-0.25, -0.2) is 0 Å². The van der Waals surface area contributed by atoms with Crippen LogP contribution in [0.1, 0.15) is 26.3 Å². The average molecular weight is 346 g/mol. The molecule has 23 heavy (non-hydrogen) atoms. The molecule has 0 atom stereocenters. The molecule has 2 rings (SSSR count). The van der Waals surface area contributed by atoms with Crippen molar-refractivity contribution >= 4 is 34.9 Å². The molecule has 0 radical (unpaired) electrons. The predicted molar refractivity (Wildman–Crippen MR) is 95.3 cm³/mol. The molecule has 0 fully saturated rings. The number of carboxylic acid groups (broad SMARTS) is 1. The number of rotatable bonds is 4. The van der Waals surface area contributed by atoms with Gasteiger partial charge < -0.3 is 5.11 Å². The van der Waals surface area contributed by atoms with E-state index in [1.54, 1.807) is 32.3 Å². The zero-order chi connectivity index (χ0) is 17.0. The van der Waals surface area contributed by atoms with E-state index < -0.39 is 10.7 Å². The van der Waals surface area contributed by atoms with Crippen LogP contribution in [0.5, 0.6) is 0 Å². The molecule has 0 aliphatic heterocycles. The molecule has 0 bridgehead atoms. The Hall–Kier alpha value is -1.96. The molecule has 1 aliphatic rings. The van der Waals surface area contributed by atoms with E-state index in [4.69, 9.17) is 11.6 Å². The minimum atomic E-state index is -0.947. The number of carbonyl (C=O) groups is 1. The Kier molecular flexibility index (Phi) is 5.35. The predicted octanol–water partition coefficient (Wildman–Crippen LogP) is 4.51. The number of thioether (sulfide) groups is 1. The molecule has 1 heterocycles. The van der Waals surface area contributed by atoms with Crippen LogP contribution in [-0.4, -0.2) is 20.8 Å². The van der Waals surface area contributed by atoms with Crippen molar-refractivity contribution in [1.29, 1.82) is 0 Å². The van der Waals surface area contributed by atoms with Gasteiger partial charge in [0.15, 0.2) is 0 Å². The van der Waals surface area contributed by atoms with Gasteiger partial charge in [-0.1, -0.05) is 29.7 Å². The molecule has 0 aromatic carbocycles. The van der Waals surface area contributed by atoms with Crippen molar-refractivity contribution in [3.63, 3.8) is 0 Å². The van der Waals surface area contributed by atoms with Gasteiger partial charge in [-0.2, -0.15) is 0 Å². The summed E-state index contributed by atoms with van der Waals surface area (Å²) in [5, 5.41) is 9.78. The van der Waals surface area contributed by atoms with Gasteiger partial charge in [0.05, 0.1) is 5.03 Å². The number of aliphatic carboxylic acids is 1. The number of halogens is 1. The number of carboxylic acids is 1. The second-order valence-corrected chi connectivity index (χ2v) is 7.58. The summed E-state index contributed by atoms with van der Waals surface area (Å²) in [5.41, 5.74) is 2.58. The largest absolute Gasteiger partial charge is 0.480 e. The summed E-state index contributed by atoms with van der Waals surface area (Å²) >= 11 is 7.42. The van der Waals surface area contributed by atoms with Crippen LogP contribution in [-0.2, 0) is 4.79 Å². The highest BCUT2D eigenvalue weighted by atomic mass is 35.5. The Labute approximate surface area is 145 Å². The third-order valence-electron chi connectivity index (χ3n) is 3.15. The molecule has 1 N–H and O–H groups in total. The first kappa shape index (κ1) is 17.4. The normalized spacial score (nSPS) is 21.3. The summed E-state index contributed by atoms with van der Waals surface area (Å²) in [7, 11) is 0. The summed E-state index contributed by atoms with van der Waals surface area (Å²) in [6.07, 6.45) is 8.96. The number of nitrogens with zero attached hydrogens (tertiary/aromatic N) is 1. The standard InChI is InChI=1S/C18H16ClNO2S/c1-12-4-6-13(10-14(19)7-5-12)15-11-20-9-8-16(15)23-18(2,3)17(21)22/h4,6,8-11H,1-3H3,(H,21,22)/b6-4?,12-4-,13-6+,13-10?,14-10+. The van der Waals surface area contributed by atoms with Crippen LogP contribution in [0.15, 0.2) is 52.2 Å². The van der Waals surface area contributed by atoms with Crippen LogP contribution in [0.4, 0.5) is 0 Å². The minimum absolute atomic E-state index is 0.431. The maximum absolute atomic E-state index is 11.4. The van der Waals surface area contributed by atoms with Gasteiger partial charge in [-0.15, -0.1) is 11.8 Å². The van der Waals surface area contributed by atoms with Gasteiger partial charge in [0.1, 0.15) is 4.75 Å². The molecule has 0 saturated carbocycles. The van der Waals surface area contributed by atoms with Gasteiger partial charge >= 0.3 is 5.97 Å². The van der Waals surface area contributed by atoms with E-state index in [-0.39, 0.29) is 0 Å². The van der Waals surface area contributed by atoms with E-state index in [9.17, 15) is 9.90 Å². The molecule has 0 spiro atoms. The number of hydrogen-bond donors (Lipinski definition) is 1. The summed E-state index contributed by atoms with van der Waals surface area (Å²) in [6, 6.07) is 1.81. The lowest BCUT2D eigenvalue weighted by Gasteiger charge is -2.20. The molecule has 1 aromatic heterocycles. The maximum Gasteiger partial charge on any atom is 0.319 e. The fourth-order valence-electron chi connectivity index (χ4n) is 1.81. The van der Waals surface area contributed by atoms with E-state index in [2.05, 4.69) is 16.8 Å². The van der Waals surface area contributed by atoms with Gasteiger partial charge in [0, 0.05) is 22.9 Å². The molecule has 118 valence electrons. The monoisotopic (exact) mass is 345 g/mol. The van der Waals surface area contributed by atoms with Crippen LogP contribution in [0.25, 0.3) is 5.57 Å². The fraction of sp³-hybridized carbons (Fsp3) is 0.222.